The Labute approximate surface area is 129 Å². The van der Waals surface area contributed by atoms with Gasteiger partial charge in [-0.1, -0.05) is 19.1 Å². The zero-order chi connectivity index (χ0) is 15.5. The van der Waals surface area contributed by atoms with Crippen molar-refractivity contribution in [1.29, 1.82) is 0 Å². The number of aromatic nitrogens is 2. The smallest absolute Gasteiger partial charge is 0.241 e. The molecule has 1 N–H and O–H groups in total. The van der Waals surface area contributed by atoms with E-state index in [0.29, 0.717) is 10.9 Å². The number of nitrogens with zero attached hydrogens (tertiary/aromatic N) is 2. The van der Waals surface area contributed by atoms with Crippen LogP contribution in [0, 0.1) is 5.92 Å². The van der Waals surface area contributed by atoms with Crippen molar-refractivity contribution in [3.05, 3.63) is 40.7 Å². The van der Waals surface area contributed by atoms with Gasteiger partial charge in [0.1, 0.15) is 6.54 Å². The molecule has 0 spiro atoms. The highest BCUT2D eigenvalue weighted by molar-refractivity contribution is 5.81. The number of nitrogens with one attached hydrogen (secondary N) is 1. The number of carbonyl (C=O) groups excluding carboxylic acids is 1. The van der Waals surface area contributed by atoms with Crippen molar-refractivity contribution in [3.8, 4) is 0 Å². The highest BCUT2D eigenvalue weighted by Crippen LogP contribution is 2.23. The van der Waals surface area contributed by atoms with Crippen molar-refractivity contribution in [3.63, 3.8) is 0 Å². The van der Waals surface area contributed by atoms with E-state index in [0.717, 1.165) is 18.8 Å². The Bertz CT molecular complexity index is 730. The van der Waals surface area contributed by atoms with E-state index in [1.165, 1.54) is 19.0 Å². The summed E-state index contributed by atoms with van der Waals surface area (Å²) in [6.07, 6.45) is 5.71. The molecule has 1 aromatic carbocycles. The molecule has 1 aromatic heterocycles. The summed E-state index contributed by atoms with van der Waals surface area (Å²) in [7, 11) is 0. The fourth-order valence-electron chi connectivity index (χ4n) is 3.10. The molecule has 1 fully saturated rings. The Morgan fingerprint density at radius 2 is 2.00 bits per heavy atom. The Morgan fingerprint density at radius 1 is 1.27 bits per heavy atom. The number of para-hydroxylation sites is 1. The van der Waals surface area contributed by atoms with Crippen molar-refractivity contribution in [2.45, 2.75) is 45.2 Å². The van der Waals surface area contributed by atoms with Gasteiger partial charge in [0.25, 0.3) is 0 Å². The largest absolute Gasteiger partial charge is 0.352 e. The summed E-state index contributed by atoms with van der Waals surface area (Å²) in [6, 6.07) is 7.52. The van der Waals surface area contributed by atoms with Crippen LogP contribution in [0.2, 0.25) is 0 Å². The molecule has 0 unspecified atom stereocenters. The monoisotopic (exact) mass is 299 g/mol. The third-order valence-electron chi connectivity index (χ3n) is 4.44. The second-order valence-electron chi connectivity index (χ2n) is 6.21. The van der Waals surface area contributed by atoms with E-state index in [2.05, 4.69) is 17.3 Å². The molecule has 3 rings (SSSR count). The molecule has 0 bridgehead atoms. The summed E-state index contributed by atoms with van der Waals surface area (Å²) in [6.45, 7) is 2.40. The molecule has 116 valence electrons. The van der Waals surface area contributed by atoms with Crippen LogP contribution in [0.3, 0.4) is 0 Å². The summed E-state index contributed by atoms with van der Waals surface area (Å²) in [5, 5.41) is 7.78. The van der Waals surface area contributed by atoms with Gasteiger partial charge in [-0.05, 0) is 43.7 Å². The lowest BCUT2D eigenvalue weighted by Crippen LogP contribution is -2.39. The highest BCUT2D eigenvalue weighted by Gasteiger charge is 2.20. The zero-order valence-corrected chi connectivity index (χ0v) is 12.8. The Morgan fingerprint density at radius 3 is 2.77 bits per heavy atom. The van der Waals surface area contributed by atoms with Gasteiger partial charge in [-0.3, -0.25) is 14.3 Å². The zero-order valence-electron chi connectivity index (χ0n) is 12.8. The molecular formula is C17H21N3O2. The maximum absolute atomic E-state index is 12.2. The van der Waals surface area contributed by atoms with Crippen LogP contribution in [0.25, 0.3) is 10.9 Å². The normalized spacial score (nSPS) is 21.7. The molecule has 1 aliphatic rings. The Balaban J connectivity index is 1.72. The van der Waals surface area contributed by atoms with Crippen molar-refractivity contribution in [2.24, 2.45) is 5.92 Å². The summed E-state index contributed by atoms with van der Waals surface area (Å²) in [5.41, 5.74) is 0.580. The predicted octanol–water partition coefficient (Wildman–Crippen LogP) is 2.09. The molecule has 1 amide bonds. The first kappa shape index (κ1) is 14.8. The van der Waals surface area contributed by atoms with E-state index in [1.54, 1.807) is 10.7 Å². The first-order chi connectivity index (χ1) is 10.6. The van der Waals surface area contributed by atoms with E-state index in [9.17, 15) is 9.59 Å². The number of benzene rings is 1. The number of amides is 1. The molecule has 0 atom stereocenters. The second kappa shape index (κ2) is 6.30. The highest BCUT2D eigenvalue weighted by atomic mass is 16.2. The topological polar surface area (TPSA) is 64.0 Å². The quantitative estimate of drug-likeness (QED) is 0.944. The molecule has 1 heterocycles. The lowest BCUT2D eigenvalue weighted by molar-refractivity contribution is -0.122. The van der Waals surface area contributed by atoms with Crippen LogP contribution in [0.4, 0.5) is 0 Å². The number of rotatable bonds is 3. The van der Waals surface area contributed by atoms with E-state index in [4.69, 9.17) is 0 Å². The van der Waals surface area contributed by atoms with E-state index in [1.807, 2.05) is 18.2 Å². The van der Waals surface area contributed by atoms with Crippen molar-refractivity contribution >= 4 is 16.8 Å². The number of hydrogen-bond acceptors (Lipinski definition) is 3. The van der Waals surface area contributed by atoms with Gasteiger partial charge in [0.05, 0.1) is 11.7 Å². The molecular weight excluding hydrogens is 278 g/mol. The molecule has 1 saturated carbocycles. The minimum atomic E-state index is -0.117. The summed E-state index contributed by atoms with van der Waals surface area (Å²) >= 11 is 0. The summed E-state index contributed by atoms with van der Waals surface area (Å²) in [5.74, 6) is 0.721. The van der Waals surface area contributed by atoms with Gasteiger partial charge in [-0.25, -0.2) is 0 Å². The maximum atomic E-state index is 12.2. The lowest BCUT2D eigenvalue weighted by Gasteiger charge is -2.27. The average molecular weight is 299 g/mol. The van der Waals surface area contributed by atoms with Crippen LogP contribution in [-0.2, 0) is 11.3 Å². The predicted molar refractivity (Wildman–Crippen MR) is 85.6 cm³/mol. The second-order valence-corrected chi connectivity index (χ2v) is 6.21. The minimum Gasteiger partial charge on any atom is -0.352 e. The van der Waals surface area contributed by atoms with Crippen LogP contribution in [0.5, 0.6) is 0 Å². The van der Waals surface area contributed by atoms with Crippen LogP contribution in [0.1, 0.15) is 32.6 Å². The molecule has 5 nitrogen and oxygen atoms in total. The number of fused-ring (bicyclic) bond motifs is 1. The van der Waals surface area contributed by atoms with Gasteiger partial charge in [0.2, 0.25) is 11.3 Å². The maximum Gasteiger partial charge on any atom is 0.241 e. The molecule has 22 heavy (non-hydrogen) atoms. The van der Waals surface area contributed by atoms with Gasteiger partial charge in [0.15, 0.2) is 0 Å². The fourth-order valence-corrected chi connectivity index (χ4v) is 3.10. The Kier molecular flexibility index (Phi) is 4.22. The van der Waals surface area contributed by atoms with Crippen molar-refractivity contribution < 1.29 is 4.79 Å². The van der Waals surface area contributed by atoms with Gasteiger partial charge < -0.3 is 5.32 Å². The summed E-state index contributed by atoms with van der Waals surface area (Å²) in [4.78, 5) is 24.0. The van der Waals surface area contributed by atoms with Crippen molar-refractivity contribution in [1.82, 2.24) is 15.1 Å². The molecule has 1 aliphatic carbocycles. The van der Waals surface area contributed by atoms with E-state index >= 15 is 0 Å². The molecule has 0 aliphatic heterocycles. The SMILES string of the molecule is CC1CCC(NC(=O)Cn2ncc(=O)c3ccccc32)CC1. The minimum absolute atomic E-state index is 0.0409. The van der Waals surface area contributed by atoms with Crippen LogP contribution in [-0.4, -0.2) is 21.7 Å². The Hall–Kier alpha value is -2.17. The lowest BCUT2D eigenvalue weighted by atomic mass is 9.87. The first-order valence-electron chi connectivity index (χ1n) is 7.87. The number of carbonyl (C=O) groups is 1. The molecule has 0 radical (unpaired) electrons. The van der Waals surface area contributed by atoms with Gasteiger partial charge >= 0.3 is 0 Å². The van der Waals surface area contributed by atoms with E-state index in [-0.39, 0.29) is 23.9 Å². The van der Waals surface area contributed by atoms with Gasteiger partial charge in [-0.2, -0.15) is 5.10 Å². The average Bonchev–Trinajstić information content (AvgIpc) is 2.53. The first-order valence-corrected chi connectivity index (χ1v) is 7.87. The molecule has 2 aromatic rings. The fraction of sp³-hybridized carbons (Fsp3) is 0.471. The third-order valence-corrected chi connectivity index (χ3v) is 4.44. The number of hydrogen-bond donors (Lipinski definition) is 1. The van der Waals surface area contributed by atoms with Crippen molar-refractivity contribution in [2.75, 3.05) is 0 Å². The van der Waals surface area contributed by atoms with Gasteiger partial charge in [0, 0.05) is 11.4 Å². The standard InChI is InChI=1S/C17H21N3O2/c1-12-6-8-13(9-7-12)19-17(22)11-20-15-5-3-2-4-14(15)16(21)10-18-20/h2-5,10,12-13H,6-9,11H2,1H3,(H,19,22). The third kappa shape index (κ3) is 3.18. The molecule has 5 heteroatoms. The van der Waals surface area contributed by atoms with Gasteiger partial charge in [-0.15, -0.1) is 0 Å². The van der Waals surface area contributed by atoms with Crippen LogP contribution < -0.4 is 10.7 Å². The summed E-state index contributed by atoms with van der Waals surface area (Å²) < 4.78 is 1.59. The van der Waals surface area contributed by atoms with E-state index < -0.39 is 0 Å². The van der Waals surface area contributed by atoms with Crippen LogP contribution >= 0.6 is 0 Å². The van der Waals surface area contributed by atoms with Crippen LogP contribution in [0.15, 0.2) is 35.3 Å². The molecule has 0 saturated heterocycles.